The maximum Gasteiger partial charge on any atom is 0.410 e. The SMILES string of the molecule is C=Cc1nc(-c2ccc(Cl)cc2)cc(C(=O)C(CC)N(CC)C(=O)OC(C)(C)C)c1C=C. The lowest BCUT2D eigenvalue weighted by Gasteiger charge is -2.32. The van der Waals surface area contributed by atoms with E-state index in [-0.39, 0.29) is 5.78 Å². The Hall–Kier alpha value is -2.92. The van der Waals surface area contributed by atoms with E-state index in [1.54, 1.807) is 51.1 Å². The van der Waals surface area contributed by atoms with Crippen molar-refractivity contribution in [2.45, 2.75) is 52.7 Å². The lowest BCUT2D eigenvalue weighted by atomic mass is 9.93. The Balaban J connectivity index is 2.59. The molecule has 0 N–H and O–H groups in total. The molecule has 2 aromatic rings. The van der Waals surface area contributed by atoms with Crippen molar-refractivity contribution in [1.29, 1.82) is 0 Å². The van der Waals surface area contributed by atoms with Gasteiger partial charge in [-0.15, -0.1) is 0 Å². The molecule has 170 valence electrons. The van der Waals surface area contributed by atoms with Crippen LogP contribution in [-0.4, -0.2) is 39.9 Å². The van der Waals surface area contributed by atoms with Crippen molar-refractivity contribution in [3.8, 4) is 11.3 Å². The molecule has 1 aromatic carbocycles. The maximum absolute atomic E-state index is 13.8. The number of ether oxygens (including phenoxy) is 1. The number of carbonyl (C=O) groups excluding carboxylic acids is 2. The highest BCUT2D eigenvalue weighted by atomic mass is 35.5. The highest BCUT2D eigenvalue weighted by Crippen LogP contribution is 2.28. The number of hydrogen-bond acceptors (Lipinski definition) is 4. The molecule has 0 aliphatic heterocycles. The fraction of sp³-hybridized carbons (Fsp3) is 0.346. The molecule has 6 heteroatoms. The third-order valence-electron chi connectivity index (χ3n) is 4.93. The summed E-state index contributed by atoms with van der Waals surface area (Å²) < 4.78 is 5.54. The molecule has 0 spiro atoms. The van der Waals surface area contributed by atoms with Gasteiger partial charge in [0, 0.05) is 28.3 Å². The van der Waals surface area contributed by atoms with E-state index >= 15 is 0 Å². The van der Waals surface area contributed by atoms with Crippen LogP contribution in [0.5, 0.6) is 0 Å². The normalized spacial score (nSPS) is 12.1. The van der Waals surface area contributed by atoms with Crippen LogP contribution in [0.4, 0.5) is 4.79 Å². The van der Waals surface area contributed by atoms with Crippen LogP contribution in [-0.2, 0) is 4.74 Å². The number of hydrogen-bond donors (Lipinski definition) is 0. The minimum absolute atomic E-state index is 0.198. The van der Waals surface area contributed by atoms with Crippen molar-refractivity contribution >= 4 is 35.6 Å². The number of rotatable bonds is 8. The molecule has 1 unspecified atom stereocenters. The number of likely N-dealkylation sites (N-methyl/N-ethyl adjacent to an activating group) is 1. The first-order valence-electron chi connectivity index (χ1n) is 10.7. The van der Waals surface area contributed by atoms with Crippen LogP contribution in [0.25, 0.3) is 23.4 Å². The Kier molecular flexibility index (Phi) is 8.39. The number of Topliss-reactive ketones (excluding diaryl/α,β-unsaturated/α-hetero) is 1. The fourth-order valence-corrected chi connectivity index (χ4v) is 3.57. The Morgan fingerprint density at radius 3 is 2.25 bits per heavy atom. The van der Waals surface area contributed by atoms with E-state index < -0.39 is 17.7 Å². The van der Waals surface area contributed by atoms with Gasteiger partial charge < -0.3 is 4.74 Å². The van der Waals surface area contributed by atoms with Gasteiger partial charge in [0.25, 0.3) is 0 Å². The second-order valence-corrected chi connectivity index (χ2v) is 8.76. The maximum atomic E-state index is 13.8. The summed E-state index contributed by atoms with van der Waals surface area (Å²) >= 11 is 6.02. The summed E-state index contributed by atoms with van der Waals surface area (Å²) in [6, 6.07) is 8.27. The summed E-state index contributed by atoms with van der Waals surface area (Å²) in [5.41, 5.74) is 2.33. The smallest absolute Gasteiger partial charge is 0.410 e. The molecule has 0 radical (unpaired) electrons. The van der Waals surface area contributed by atoms with Gasteiger partial charge in [-0.3, -0.25) is 9.69 Å². The zero-order chi connectivity index (χ0) is 24.1. The van der Waals surface area contributed by atoms with Gasteiger partial charge in [0.05, 0.1) is 17.4 Å². The average Bonchev–Trinajstić information content (AvgIpc) is 2.75. The topological polar surface area (TPSA) is 59.5 Å². The summed E-state index contributed by atoms with van der Waals surface area (Å²) in [7, 11) is 0. The third kappa shape index (κ3) is 5.86. The van der Waals surface area contributed by atoms with Crippen molar-refractivity contribution in [1.82, 2.24) is 9.88 Å². The molecule has 0 saturated heterocycles. The molecule has 0 saturated carbocycles. The fourth-order valence-electron chi connectivity index (χ4n) is 3.44. The number of pyridine rings is 1. The van der Waals surface area contributed by atoms with E-state index in [0.29, 0.717) is 40.5 Å². The predicted molar refractivity (Wildman–Crippen MR) is 132 cm³/mol. The van der Waals surface area contributed by atoms with Crippen LogP contribution in [0, 0.1) is 0 Å². The Bertz CT molecular complexity index is 1010. The zero-order valence-corrected chi connectivity index (χ0v) is 20.2. The molecular weight excluding hydrogens is 424 g/mol. The van der Waals surface area contributed by atoms with Crippen LogP contribution >= 0.6 is 11.6 Å². The molecule has 1 atom stereocenters. The second-order valence-electron chi connectivity index (χ2n) is 8.32. The Morgan fingerprint density at radius 2 is 1.78 bits per heavy atom. The van der Waals surface area contributed by atoms with Gasteiger partial charge in [0.1, 0.15) is 5.60 Å². The summed E-state index contributed by atoms with van der Waals surface area (Å²) in [6.45, 7) is 17.2. The number of halogens is 1. The van der Waals surface area contributed by atoms with Crippen molar-refractivity contribution in [3.63, 3.8) is 0 Å². The van der Waals surface area contributed by atoms with E-state index in [1.165, 1.54) is 4.90 Å². The third-order valence-corrected chi connectivity index (χ3v) is 5.18. The predicted octanol–water partition coefficient (Wildman–Crippen LogP) is 6.91. The van der Waals surface area contributed by atoms with Crippen LogP contribution < -0.4 is 0 Å². The highest BCUT2D eigenvalue weighted by Gasteiger charge is 2.32. The van der Waals surface area contributed by atoms with Crippen molar-refractivity contribution in [2.75, 3.05) is 6.54 Å². The van der Waals surface area contributed by atoms with Gasteiger partial charge in [-0.05, 0) is 58.4 Å². The summed E-state index contributed by atoms with van der Waals surface area (Å²) in [4.78, 5) is 32.7. The first-order chi connectivity index (χ1) is 15.1. The van der Waals surface area contributed by atoms with Crippen molar-refractivity contribution in [2.24, 2.45) is 0 Å². The van der Waals surface area contributed by atoms with Crippen molar-refractivity contribution < 1.29 is 14.3 Å². The van der Waals surface area contributed by atoms with Crippen LogP contribution in [0.1, 0.15) is 62.7 Å². The second kappa shape index (κ2) is 10.6. The van der Waals surface area contributed by atoms with Crippen LogP contribution in [0.2, 0.25) is 5.02 Å². The molecule has 32 heavy (non-hydrogen) atoms. The van der Waals surface area contributed by atoms with Gasteiger partial charge in [0.15, 0.2) is 5.78 Å². The molecule has 0 aliphatic rings. The molecule has 1 heterocycles. The number of aromatic nitrogens is 1. The van der Waals surface area contributed by atoms with E-state index in [4.69, 9.17) is 16.3 Å². The molecule has 0 bridgehead atoms. The molecule has 1 amide bonds. The molecule has 2 rings (SSSR count). The van der Waals surface area contributed by atoms with Gasteiger partial charge in [-0.2, -0.15) is 0 Å². The van der Waals surface area contributed by atoms with Gasteiger partial charge in [0.2, 0.25) is 0 Å². The van der Waals surface area contributed by atoms with Crippen molar-refractivity contribution in [3.05, 3.63) is 65.3 Å². The minimum Gasteiger partial charge on any atom is -0.444 e. The molecule has 1 aromatic heterocycles. The monoisotopic (exact) mass is 454 g/mol. The molecule has 0 fully saturated rings. The number of ketones is 1. The first-order valence-corrected chi connectivity index (χ1v) is 11.0. The van der Waals surface area contributed by atoms with Crippen LogP contribution in [0.3, 0.4) is 0 Å². The minimum atomic E-state index is -0.688. The largest absolute Gasteiger partial charge is 0.444 e. The van der Waals surface area contributed by atoms with Crippen LogP contribution in [0.15, 0.2) is 43.5 Å². The van der Waals surface area contributed by atoms with Gasteiger partial charge in [-0.1, -0.05) is 49.9 Å². The number of carbonyl (C=O) groups is 2. The Morgan fingerprint density at radius 1 is 1.16 bits per heavy atom. The zero-order valence-electron chi connectivity index (χ0n) is 19.4. The average molecular weight is 455 g/mol. The molecular formula is C26H31ClN2O3. The lowest BCUT2D eigenvalue weighted by Crippen LogP contribution is -2.47. The summed E-state index contributed by atoms with van der Waals surface area (Å²) in [5, 5.41) is 0.610. The summed E-state index contributed by atoms with van der Waals surface area (Å²) in [5.74, 6) is -0.198. The molecule has 5 nitrogen and oxygen atoms in total. The quantitative estimate of drug-likeness (QED) is 0.407. The summed E-state index contributed by atoms with van der Waals surface area (Å²) in [6.07, 6.45) is 3.11. The number of amides is 1. The van der Waals surface area contributed by atoms with E-state index in [0.717, 1.165) is 5.56 Å². The van der Waals surface area contributed by atoms with Gasteiger partial charge >= 0.3 is 6.09 Å². The van der Waals surface area contributed by atoms with Gasteiger partial charge in [-0.25, -0.2) is 9.78 Å². The number of benzene rings is 1. The Labute approximate surface area is 195 Å². The highest BCUT2D eigenvalue weighted by molar-refractivity contribution is 6.30. The molecule has 0 aliphatic carbocycles. The first kappa shape index (κ1) is 25.3. The van der Waals surface area contributed by atoms with E-state index in [9.17, 15) is 9.59 Å². The number of nitrogens with zero attached hydrogens (tertiary/aromatic N) is 2. The lowest BCUT2D eigenvalue weighted by molar-refractivity contribution is 0.0168. The standard InChI is InChI=1S/C26H31ClN2O3/c1-8-19-20(16-22(28-21(19)9-2)17-12-14-18(27)15-13-17)24(30)23(10-3)29(11-4)25(31)32-26(5,6)7/h8-9,12-16,23H,1-2,10-11H2,3-7H3. The van der Waals surface area contributed by atoms with E-state index in [2.05, 4.69) is 18.1 Å². The van der Waals surface area contributed by atoms with E-state index in [1.807, 2.05) is 26.0 Å².